The number of anilines is 1. The van der Waals surface area contributed by atoms with Crippen LogP contribution in [0.3, 0.4) is 0 Å². The highest BCUT2D eigenvalue weighted by Gasteiger charge is 2.25. The lowest BCUT2D eigenvalue weighted by Crippen LogP contribution is -2.46. The topological polar surface area (TPSA) is 49.8 Å². The summed E-state index contributed by atoms with van der Waals surface area (Å²) >= 11 is 3.59. The SMILES string of the molecule is Cc1ccc(N2CCOCC2CCC(=O)O)c(Br)c1. The largest absolute Gasteiger partial charge is 0.481 e. The molecule has 2 rings (SSSR count). The lowest BCUT2D eigenvalue weighted by Gasteiger charge is -2.38. The monoisotopic (exact) mass is 327 g/mol. The van der Waals surface area contributed by atoms with Gasteiger partial charge in [0, 0.05) is 17.4 Å². The van der Waals surface area contributed by atoms with Gasteiger partial charge in [0.05, 0.1) is 24.9 Å². The highest BCUT2D eigenvalue weighted by molar-refractivity contribution is 9.10. The molecule has 104 valence electrons. The Labute approximate surface area is 121 Å². The normalized spacial score (nSPS) is 19.5. The molecule has 0 saturated carbocycles. The van der Waals surface area contributed by atoms with E-state index in [0.717, 1.165) is 16.7 Å². The lowest BCUT2D eigenvalue weighted by molar-refractivity contribution is -0.137. The molecule has 1 heterocycles. The van der Waals surface area contributed by atoms with E-state index < -0.39 is 5.97 Å². The highest BCUT2D eigenvalue weighted by Crippen LogP contribution is 2.30. The van der Waals surface area contributed by atoms with E-state index >= 15 is 0 Å². The zero-order valence-corrected chi connectivity index (χ0v) is 12.5. The summed E-state index contributed by atoms with van der Waals surface area (Å²) in [5.74, 6) is -0.756. The zero-order valence-electron chi connectivity index (χ0n) is 10.9. The molecule has 1 aliphatic rings. The van der Waals surface area contributed by atoms with E-state index in [1.165, 1.54) is 5.56 Å². The molecular weight excluding hydrogens is 310 g/mol. The lowest BCUT2D eigenvalue weighted by atomic mass is 10.1. The average molecular weight is 328 g/mol. The van der Waals surface area contributed by atoms with E-state index in [2.05, 4.69) is 46.0 Å². The second-order valence-electron chi connectivity index (χ2n) is 4.81. The average Bonchev–Trinajstić information content (AvgIpc) is 2.37. The second-order valence-corrected chi connectivity index (χ2v) is 5.66. The molecule has 0 aliphatic carbocycles. The number of aliphatic carboxylic acids is 1. The van der Waals surface area contributed by atoms with Gasteiger partial charge in [-0.25, -0.2) is 0 Å². The van der Waals surface area contributed by atoms with Gasteiger partial charge in [0.1, 0.15) is 0 Å². The number of rotatable bonds is 4. The molecule has 1 aliphatic heterocycles. The van der Waals surface area contributed by atoms with Crippen LogP contribution in [0.4, 0.5) is 5.69 Å². The van der Waals surface area contributed by atoms with Crippen LogP contribution < -0.4 is 4.90 Å². The molecule has 1 fully saturated rings. The molecule has 1 aromatic rings. The number of carbonyl (C=O) groups is 1. The first kappa shape index (κ1) is 14.3. The molecule has 1 saturated heterocycles. The molecule has 0 spiro atoms. The van der Waals surface area contributed by atoms with Crippen molar-refractivity contribution in [2.24, 2.45) is 0 Å². The Hall–Kier alpha value is -1.07. The summed E-state index contributed by atoms with van der Waals surface area (Å²) in [6.07, 6.45) is 0.781. The molecule has 0 bridgehead atoms. The van der Waals surface area contributed by atoms with Gasteiger partial charge in [-0.1, -0.05) is 6.07 Å². The van der Waals surface area contributed by atoms with Crippen molar-refractivity contribution in [3.8, 4) is 0 Å². The van der Waals surface area contributed by atoms with Crippen molar-refractivity contribution < 1.29 is 14.6 Å². The summed E-state index contributed by atoms with van der Waals surface area (Å²) in [5, 5.41) is 8.82. The van der Waals surface area contributed by atoms with Gasteiger partial charge in [-0.2, -0.15) is 0 Å². The maximum atomic E-state index is 10.7. The molecule has 0 amide bonds. The number of ether oxygens (including phenoxy) is 1. The highest BCUT2D eigenvalue weighted by atomic mass is 79.9. The zero-order chi connectivity index (χ0) is 13.8. The molecule has 1 unspecified atom stereocenters. The van der Waals surface area contributed by atoms with Gasteiger partial charge >= 0.3 is 5.97 Å². The Morgan fingerprint density at radius 2 is 2.37 bits per heavy atom. The first-order valence-corrected chi connectivity index (χ1v) is 7.19. The van der Waals surface area contributed by atoms with Crippen LogP contribution in [-0.4, -0.2) is 36.9 Å². The van der Waals surface area contributed by atoms with Gasteiger partial charge in [-0.05, 0) is 47.0 Å². The summed E-state index contributed by atoms with van der Waals surface area (Å²) < 4.78 is 6.53. The molecule has 4 nitrogen and oxygen atoms in total. The van der Waals surface area contributed by atoms with E-state index in [1.54, 1.807) is 0 Å². The molecule has 0 radical (unpaired) electrons. The number of hydrogen-bond acceptors (Lipinski definition) is 3. The first-order valence-electron chi connectivity index (χ1n) is 6.40. The smallest absolute Gasteiger partial charge is 0.303 e. The number of morpholine rings is 1. The van der Waals surface area contributed by atoms with Crippen molar-refractivity contribution in [3.63, 3.8) is 0 Å². The predicted octanol–water partition coefficient (Wildman–Crippen LogP) is 2.83. The van der Waals surface area contributed by atoms with Crippen LogP contribution >= 0.6 is 15.9 Å². The number of carboxylic acids is 1. The van der Waals surface area contributed by atoms with Crippen LogP contribution in [0, 0.1) is 6.92 Å². The molecule has 5 heteroatoms. The minimum Gasteiger partial charge on any atom is -0.481 e. The van der Waals surface area contributed by atoms with Gasteiger partial charge < -0.3 is 14.7 Å². The number of nitrogens with zero attached hydrogens (tertiary/aromatic N) is 1. The summed E-state index contributed by atoms with van der Waals surface area (Å²) in [6, 6.07) is 6.37. The Morgan fingerprint density at radius 1 is 1.58 bits per heavy atom. The van der Waals surface area contributed by atoms with E-state index in [4.69, 9.17) is 9.84 Å². The number of hydrogen-bond donors (Lipinski definition) is 1. The van der Waals surface area contributed by atoms with E-state index in [1.807, 2.05) is 0 Å². The molecular formula is C14H18BrNO3. The third-order valence-electron chi connectivity index (χ3n) is 3.33. The van der Waals surface area contributed by atoms with Gasteiger partial charge in [0.15, 0.2) is 0 Å². The number of aryl methyl sites for hydroxylation is 1. The molecule has 19 heavy (non-hydrogen) atoms. The third kappa shape index (κ3) is 3.70. The quantitative estimate of drug-likeness (QED) is 0.923. The van der Waals surface area contributed by atoms with Crippen molar-refractivity contribution in [2.75, 3.05) is 24.7 Å². The summed E-state index contributed by atoms with van der Waals surface area (Å²) in [6.45, 7) is 4.12. The molecule has 0 aromatic heterocycles. The van der Waals surface area contributed by atoms with Crippen molar-refractivity contribution in [1.29, 1.82) is 0 Å². The first-order chi connectivity index (χ1) is 9.08. The summed E-state index contributed by atoms with van der Waals surface area (Å²) in [7, 11) is 0. The Bertz CT molecular complexity index is 464. The molecule has 1 aromatic carbocycles. The number of carboxylic acid groups (broad SMARTS) is 1. The van der Waals surface area contributed by atoms with Crippen LogP contribution in [0.2, 0.25) is 0 Å². The van der Waals surface area contributed by atoms with Crippen LogP contribution in [0.1, 0.15) is 18.4 Å². The maximum Gasteiger partial charge on any atom is 0.303 e. The molecule has 1 atom stereocenters. The van der Waals surface area contributed by atoms with Crippen molar-refractivity contribution in [1.82, 2.24) is 0 Å². The van der Waals surface area contributed by atoms with Gasteiger partial charge in [0.25, 0.3) is 0 Å². The van der Waals surface area contributed by atoms with Gasteiger partial charge in [-0.3, -0.25) is 4.79 Å². The number of benzene rings is 1. The maximum absolute atomic E-state index is 10.7. The van der Waals surface area contributed by atoms with Crippen LogP contribution in [-0.2, 0) is 9.53 Å². The van der Waals surface area contributed by atoms with Crippen LogP contribution in [0.5, 0.6) is 0 Å². The van der Waals surface area contributed by atoms with E-state index in [9.17, 15) is 4.79 Å². The Balaban J connectivity index is 2.16. The van der Waals surface area contributed by atoms with Crippen molar-refractivity contribution >= 4 is 27.6 Å². The minimum absolute atomic E-state index is 0.129. The van der Waals surface area contributed by atoms with Crippen LogP contribution in [0.15, 0.2) is 22.7 Å². The second kappa shape index (κ2) is 6.39. The van der Waals surface area contributed by atoms with E-state index in [0.29, 0.717) is 19.6 Å². The minimum atomic E-state index is -0.756. The van der Waals surface area contributed by atoms with E-state index in [-0.39, 0.29) is 12.5 Å². The standard InChI is InChI=1S/C14H18BrNO3/c1-10-2-4-13(12(15)8-10)16-6-7-19-9-11(16)3-5-14(17)18/h2,4,8,11H,3,5-7,9H2,1H3,(H,17,18). The van der Waals surface area contributed by atoms with Gasteiger partial charge in [-0.15, -0.1) is 0 Å². The Kier molecular flexibility index (Phi) is 4.82. The predicted molar refractivity (Wildman–Crippen MR) is 77.7 cm³/mol. The van der Waals surface area contributed by atoms with Crippen molar-refractivity contribution in [2.45, 2.75) is 25.8 Å². The van der Waals surface area contributed by atoms with Gasteiger partial charge in [0.2, 0.25) is 0 Å². The molecule has 1 N–H and O–H groups in total. The summed E-state index contributed by atoms with van der Waals surface area (Å²) in [4.78, 5) is 13.0. The van der Waals surface area contributed by atoms with Crippen molar-refractivity contribution in [3.05, 3.63) is 28.2 Å². The summed E-state index contributed by atoms with van der Waals surface area (Å²) in [5.41, 5.74) is 2.32. The fourth-order valence-corrected chi connectivity index (χ4v) is 3.07. The fraction of sp³-hybridized carbons (Fsp3) is 0.500. The third-order valence-corrected chi connectivity index (χ3v) is 3.97. The van der Waals surface area contributed by atoms with Crippen LogP contribution in [0.25, 0.3) is 0 Å². The number of halogens is 1. The fourth-order valence-electron chi connectivity index (χ4n) is 2.35. The Morgan fingerprint density at radius 3 is 3.05 bits per heavy atom.